The maximum Gasteiger partial charge on any atom is 0.134 e. The largest absolute Gasteiger partial charge is 0.460 e. The van der Waals surface area contributed by atoms with Gasteiger partial charge >= 0.3 is 0 Å². The molecule has 0 saturated carbocycles. The van der Waals surface area contributed by atoms with E-state index in [2.05, 4.69) is 41.9 Å². The smallest absolute Gasteiger partial charge is 0.134 e. The van der Waals surface area contributed by atoms with E-state index in [0.717, 1.165) is 23.3 Å². The first-order valence-corrected chi connectivity index (χ1v) is 6.95. The monoisotopic (exact) mass is 257 g/mol. The number of thiophene rings is 1. The molecule has 18 heavy (non-hydrogen) atoms. The number of benzene rings is 1. The fourth-order valence-electron chi connectivity index (χ4n) is 2.02. The Morgan fingerprint density at radius 3 is 2.89 bits per heavy atom. The molecule has 2 nitrogen and oxygen atoms in total. The van der Waals surface area contributed by atoms with Gasteiger partial charge in [0.1, 0.15) is 11.3 Å². The maximum absolute atomic E-state index is 5.78. The molecule has 1 aromatic carbocycles. The van der Waals surface area contributed by atoms with Crippen molar-refractivity contribution in [1.82, 2.24) is 5.32 Å². The number of fused-ring (bicyclic) bond motifs is 1. The lowest BCUT2D eigenvalue weighted by molar-refractivity contribution is 0.485. The zero-order chi connectivity index (χ0) is 12.4. The third-order valence-corrected chi connectivity index (χ3v) is 4.08. The van der Waals surface area contributed by atoms with Gasteiger partial charge in [0.2, 0.25) is 0 Å². The summed E-state index contributed by atoms with van der Waals surface area (Å²) in [5.41, 5.74) is 0.957. The van der Waals surface area contributed by atoms with Gasteiger partial charge in [0.25, 0.3) is 0 Å². The Morgan fingerprint density at radius 2 is 2.11 bits per heavy atom. The molecule has 0 unspecified atom stereocenters. The summed E-state index contributed by atoms with van der Waals surface area (Å²) in [6, 6.07) is 14.8. The summed E-state index contributed by atoms with van der Waals surface area (Å²) in [5, 5.41) is 6.75. The van der Waals surface area contributed by atoms with Crippen LogP contribution in [0.2, 0.25) is 0 Å². The number of nitrogens with one attached hydrogen (secondary N) is 1. The maximum atomic E-state index is 5.78. The van der Waals surface area contributed by atoms with Crippen LogP contribution in [0.15, 0.2) is 52.3 Å². The lowest BCUT2D eigenvalue weighted by Crippen LogP contribution is -2.16. The molecule has 0 aliphatic heterocycles. The second-order valence-electron chi connectivity index (χ2n) is 4.37. The summed E-state index contributed by atoms with van der Waals surface area (Å²) in [5.74, 6) is 0.986. The van der Waals surface area contributed by atoms with Gasteiger partial charge in [-0.1, -0.05) is 24.3 Å². The third kappa shape index (κ3) is 2.33. The molecule has 1 atom stereocenters. The van der Waals surface area contributed by atoms with Crippen molar-refractivity contribution in [2.45, 2.75) is 19.5 Å². The van der Waals surface area contributed by atoms with Crippen LogP contribution in [0.3, 0.4) is 0 Å². The highest BCUT2D eigenvalue weighted by Gasteiger charge is 2.07. The van der Waals surface area contributed by atoms with Gasteiger partial charge in [0.05, 0.1) is 6.54 Å². The first kappa shape index (κ1) is 11.5. The molecule has 0 bridgehead atoms. The van der Waals surface area contributed by atoms with E-state index in [9.17, 15) is 0 Å². The summed E-state index contributed by atoms with van der Waals surface area (Å²) < 4.78 is 5.78. The minimum Gasteiger partial charge on any atom is -0.460 e. The van der Waals surface area contributed by atoms with Crippen LogP contribution >= 0.6 is 11.3 Å². The van der Waals surface area contributed by atoms with Gasteiger partial charge in [-0.2, -0.15) is 0 Å². The van der Waals surface area contributed by atoms with Crippen LogP contribution in [0, 0.1) is 0 Å². The number of furan rings is 1. The van der Waals surface area contributed by atoms with Gasteiger partial charge in [-0.05, 0) is 30.5 Å². The zero-order valence-corrected chi connectivity index (χ0v) is 11.0. The molecule has 1 N–H and O–H groups in total. The Hall–Kier alpha value is -1.58. The Bertz CT molecular complexity index is 594. The van der Waals surface area contributed by atoms with Gasteiger partial charge in [-0.25, -0.2) is 0 Å². The van der Waals surface area contributed by atoms with Crippen LogP contribution in [-0.2, 0) is 6.54 Å². The summed E-state index contributed by atoms with van der Waals surface area (Å²) >= 11 is 1.78. The van der Waals surface area contributed by atoms with E-state index in [0.29, 0.717) is 6.04 Å². The van der Waals surface area contributed by atoms with Crippen LogP contribution < -0.4 is 5.32 Å². The van der Waals surface area contributed by atoms with E-state index in [1.807, 2.05) is 18.2 Å². The van der Waals surface area contributed by atoms with Gasteiger partial charge in [0, 0.05) is 16.3 Å². The molecule has 2 heterocycles. The molecule has 0 radical (unpaired) electrons. The highest BCUT2D eigenvalue weighted by Crippen LogP contribution is 2.21. The van der Waals surface area contributed by atoms with Crippen molar-refractivity contribution in [1.29, 1.82) is 0 Å². The Kier molecular flexibility index (Phi) is 3.17. The average Bonchev–Trinajstić information content (AvgIpc) is 3.04. The highest BCUT2D eigenvalue weighted by atomic mass is 32.1. The van der Waals surface area contributed by atoms with E-state index in [4.69, 9.17) is 4.42 Å². The lowest BCUT2D eigenvalue weighted by atomic mass is 10.2. The fourth-order valence-corrected chi connectivity index (χ4v) is 2.77. The summed E-state index contributed by atoms with van der Waals surface area (Å²) in [6.45, 7) is 2.93. The fraction of sp³-hybridized carbons (Fsp3) is 0.200. The van der Waals surface area contributed by atoms with E-state index < -0.39 is 0 Å². The lowest BCUT2D eigenvalue weighted by Gasteiger charge is -2.10. The van der Waals surface area contributed by atoms with Crippen LogP contribution in [0.1, 0.15) is 23.6 Å². The van der Waals surface area contributed by atoms with Crippen molar-refractivity contribution in [3.8, 4) is 0 Å². The molecule has 0 aliphatic rings. The zero-order valence-electron chi connectivity index (χ0n) is 10.2. The summed E-state index contributed by atoms with van der Waals surface area (Å²) in [6.07, 6.45) is 0. The number of para-hydroxylation sites is 1. The Balaban J connectivity index is 1.69. The van der Waals surface area contributed by atoms with Crippen molar-refractivity contribution in [3.05, 3.63) is 58.5 Å². The SMILES string of the molecule is C[C@@H](NCc1cc2ccccc2o1)c1cccs1. The molecule has 92 valence electrons. The van der Waals surface area contributed by atoms with Crippen molar-refractivity contribution in [2.75, 3.05) is 0 Å². The summed E-state index contributed by atoms with van der Waals surface area (Å²) in [4.78, 5) is 1.35. The number of hydrogen-bond donors (Lipinski definition) is 1. The summed E-state index contributed by atoms with van der Waals surface area (Å²) in [7, 11) is 0. The molecule has 0 saturated heterocycles. The molecule has 2 aromatic heterocycles. The van der Waals surface area contributed by atoms with Crippen LogP contribution in [0.25, 0.3) is 11.0 Å². The molecular formula is C15H15NOS. The number of hydrogen-bond acceptors (Lipinski definition) is 3. The quantitative estimate of drug-likeness (QED) is 0.752. The minimum atomic E-state index is 0.359. The Morgan fingerprint density at radius 1 is 1.22 bits per heavy atom. The van der Waals surface area contributed by atoms with Crippen molar-refractivity contribution in [2.24, 2.45) is 0 Å². The topological polar surface area (TPSA) is 25.2 Å². The highest BCUT2D eigenvalue weighted by molar-refractivity contribution is 7.10. The molecule has 3 heteroatoms. The van der Waals surface area contributed by atoms with Gasteiger partial charge in [0.15, 0.2) is 0 Å². The van der Waals surface area contributed by atoms with Crippen LogP contribution in [-0.4, -0.2) is 0 Å². The Labute approximate surface area is 110 Å². The van der Waals surface area contributed by atoms with E-state index in [-0.39, 0.29) is 0 Å². The first-order chi connectivity index (χ1) is 8.83. The van der Waals surface area contributed by atoms with Gasteiger partial charge in [-0.15, -0.1) is 11.3 Å². The second kappa shape index (κ2) is 4.96. The van der Waals surface area contributed by atoms with Crippen LogP contribution in [0.5, 0.6) is 0 Å². The van der Waals surface area contributed by atoms with E-state index in [1.54, 1.807) is 11.3 Å². The number of rotatable bonds is 4. The molecule has 3 rings (SSSR count). The predicted octanol–water partition coefficient (Wildman–Crippen LogP) is 4.35. The van der Waals surface area contributed by atoms with Crippen molar-refractivity contribution in [3.63, 3.8) is 0 Å². The van der Waals surface area contributed by atoms with Crippen molar-refractivity contribution < 1.29 is 4.42 Å². The van der Waals surface area contributed by atoms with Crippen molar-refractivity contribution >= 4 is 22.3 Å². The van der Waals surface area contributed by atoms with Crippen LogP contribution in [0.4, 0.5) is 0 Å². The van der Waals surface area contributed by atoms with Gasteiger partial charge in [-0.3, -0.25) is 0 Å². The van der Waals surface area contributed by atoms with E-state index >= 15 is 0 Å². The second-order valence-corrected chi connectivity index (χ2v) is 5.35. The normalized spacial score (nSPS) is 12.9. The molecule has 0 spiro atoms. The predicted molar refractivity (Wildman–Crippen MR) is 75.8 cm³/mol. The molecule has 3 aromatic rings. The minimum absolute atomic E-state index is 0.359. The molecule has 0 amide bonds. The van der Waals surface area contributed by atoms with Gasteiger partial charge < -0.3 is 9.73 Å². The molecule has 0 fully saturated rings. The standard InChI is InChI=1S/C15H15NOS/c1-11(15-7-4-8-18-15)16-10-13-9-12-5-2-3-6-14(12)17-13/h2-9,11,16H,10H2,1H3/t11-/m1/s1. The molecular weight excluding hydrogens is 242 g/mol. The first-order valence-electron chi connectivity index (χ1n) is 6.07. The third-order valence-electron chi connectivity index (χ3n) is 3.03. The van der Waals surface area contributed by atoms with E-state index in [1.165, 1.54) is 4.88 Å². The molecule has 0 aliphatic carbocycles. The average molecular weight is 257 g/mol.